The summed E-state index contributed by atoms with van der Waals surface area (Å²) in [5.74, 6) is -0.335. The Hall–Kier alpha value is -3.07. The standard InChI is InChI=1S/C23H21N3O3S2/c1-16-7-6-10-20-21(16)24-23(30-20)25-22(27)18-11-13-19(14-12-18)31(28,29)26(2)15-17-8-4-3-5-9-17/h3-14H,15H2,1-2H3,(H,24,25,27). The second kappa shape index (κ2) is 8.58. The molecule has 4 aromatic rings. The molecule has 31 heavy (non-hydrogen) atoms. The lowest BCUT2D eigenvalue weighted by Gasteiger charge is -2.17. The molecule has 8 heteroatoms. The smallest absolute Gasteiger partial charge is 0.257 e. The third-order valence-corrected chi connectivity index (χ3v) is 7.67. The molecule has 0 aliphatic heterocycles. The Morgan fingerprint density at radius 1 is 1.00 bits per heavy atom. The third-order valence-electron chi connectivity index (χ3n) is 4.91. The number of amides is 1. The molecule has 1 heterocycles. The predicted octanol–water partition coefficient (Wildman–Crippen LogP) is 4.68. The summed E-state index contributed by atoms with van der Waals surface area (Å²) < 4.78 is 28.0. The van der Waals surface area contributed by atoms with Crippen LogP contribution in [0.2, 0.25) is 0 Å². The Morgan fingerprint density at radius 3 is 2.39 bits per heavy atom. The van der Waals surface area contributed by atoms with Crippen molar-refractivity contribution >= 4 is 42.6 Å². The topological polar surface area (TPSA) is 79.4 Å². The molecule has 0 aliphatic carbocycles. The minimum atomic E-state index is -3.67. The maximum absolute atomic E-state index is 12.9. The highest BCUT2D eigenvalue weighted by Gasteiger charge is 2.21. The number of para-hydroxylation sites is 1. The van der Waals surface area contributed by atoms with Crippen LogP contribution in [0.15, 0.2) is 77.7 Å². The first-order valence-corrected chi connectivity index (χ1v) is 11.9. The number of anilines is 1. The van der Waals surface area contributed by atoms with Gasteiger partial charge in [-0.2, -0.15) is 4.31 Å². The van der Waals surface area contributed by atoms with Gasteiger partial charge in [-0.3, -0.25) is 10.1 Å². The summed E-state index contributed by atoms with van der Waals surface area (Å²) in [4.78, 5) is 17.2. The number of thiazole rings is 1. The molecule has 0 unspecified atom stereocenters. The molecule has 1 aromatic heterocycles. The monoisotopic (exact) mass is 451 g/mol. The summed E-state index contributed by atoms with van der Waals surface area (Å²) in [6.07, 6.45) is 0. The van der Waals surface area contributed by atoms with Crippen LogP contribution in [0.3, 0.4) is 0 Å². The van der Waals surface area contributed by atoms with Gasteiger partial charge >= 0.3 is 0 Å². The number of hydrogen-bond acceptors (Lipinski definition) is 5. The number of aryl methyl sites for hydroxylation is 1. The maximum atomic E-state index is 12.9. The second-order valence-corrected chi connectivity index (χ2v) is 10.2. The molecular formula is C23H21N3O3S2. The van der Waals surface area contributed by atoms with Crippen LogP contribution in [0.25, 0.3) is 10.2 Å². The third kappa shape index (κ3) is 4.51. The van der Waals surface area contributed by atoms with Gasteiger partial charge in [0.1, 0.15) is 0 Å². The van der Waals surface area contributed by atoms with Gasteiger partial charge in [0.15, 0.2) is 5.13 Å². The average Bonchev–Trinajstić information content (AvgIpc) is 3.18. The summed E-state index contributed by atoms with van der Waals surface area (Å²) in [7, 11) is -2.13. The molecule has 0 aliphatic rings. The second-order valence-electron chi connectivity index (χ2n) is 7.17. The fourth-order valence-corrected chi connectivity index (χ4v) is 5.29. The van der Waals surface area contributed by atoms with E-state index in [-0.39, 0.29) is 17.3 Å². The quantitative estimate of drug-likeness (QED) is 0.462. The SMILES string of the molecule is Cc1cccc2sc(NC(=O)c3ccc(S(=O)(=O)N(C)Cc4ccccc4)cc3)nc12. The number of hydrogen-bond donors (Lipinski definition) is 1. The molecule has 0 spiro atoms. The summed E-state index contributed by atoms with van der Waals surface area (Å²) in [5, 5.41) is 3.31. The van der Waals surface area contributed by atoms with E-state index < -0.39 is 10.0 Å². The minimum absolute atomic E-state index is 0.137. The molecule has 1 amide bonds. The van der Waals surface area contributed by atoms with Gasteiger partial charge in [0.25, 0.3) is 5.91 Å². The van der Waals surface area contributed by atoms with Gasteiger partial charge in [0.05, 0.1) is 15.1 Å². The molecule has 0 saturated carbocycles. The van der Waals surface area contributed by atoms with Gasteiger partial charge in [-0.1, -0.05) is 53.8 Å². The molecule has 4 rings (SSSR count). The predicted molar refractivity (Wildman–Crippen MR) is 124 cm³/mol. The summed E-state index contributed by atoms with van der Waals surface area (Å²) in [6, 6.07) is 21.2. The van der Waals surface area contributed by atoms with Crippen LogP contribution in [-0.2, 0) is 16.6 Å². The molecule has 6 nitrogen and oxygen atoms in total. The van der Waals surface area contributed by atoms with Gasteiger partial charge in [-0.25, -0.2) is 13.4 Å². The Labute approximate surface area is 185 Å². The minimum Gasteiger partial charge on any atom is -0.298 e. The van der Waals surface area contributed by atoms with E-state index in [1.165, 1.54) is 47.0 Å². The van der Waals surface area contributed by atoms with E-state index in [0.29, 0.717) is 10.7 Å². The van der Waals surface area contributed by atoms with Gasteiger partial charge in [-0.15, -0.1) is 0 Å². The maximum Gasteiger partial charge on any atom is 0.257 e. The molecule has 0 saturated heterocycles. The van der Waals surface area contributed by atoms with Crippen LogP contribution in [0.4, 0.5) is 5.13 Å². The van der Waals surface area contributed by atoms with Crippen LogP contribution >= 0.6 is 11.3 Å². The van der Waals surface area contributed by atoms with E-state index >= 15 is 0 Å². The van der Waals surface area contributed by atoms with Crippen LogP contribution in [0.5, 0.6) is 0 Å². The van der Waals surface area contributed by atoms with Gasteiger partial charge in [-0.05, 0) is 48.4 Å². The van der Waals surface area contributed by atoms with Gasteiger partial charge in [0.2, 0.25) is 10.0 Å². The molecule has 0 bridgehead atoms. The number of nitrogens with zero attached hydrogens (tertiary/aromatic N) is 2. The lowest BCUT2D eigenvalue weighted by atomic mass is 10.2. The molecule has 0 radical (unpaired) electrons. The Balaban J connectivity index is 1.48. The van der Waals surface area contributed by atoms with E-state index in [9.17, 15) is 13.2 Å². The van der Waals surface area contributed by atoms with Crippen LogP contribution in [0.1, 0.15) is 21.5 Å². The number of aromatic nitrogens is 1. The van der Waals surface area contributed by atoms with Crippen molar-refractivity contribution in [3.63, 3.8) is 0 Å². The van der Waals surface area contributed by atoms with Crippen molar-refractivity contribution in [1.82, 2.24) is 9.29 Å². The van der Waals surface area contributed by atoms with E-state index in [4.69, 9.17) is 0 Å². The van der Waals surface area contributed by atoms with Crippen molar-refractivity contribution < 1.29 is 13.2 Å². The molecule has 1 N–H and O–H groups in total. The van der Waals surface area contributed by atoms with Crippen LogP contribution in [0, 0.1) is 6.92 Å². The van der Waals surface area contributed by atoms with Gasteiger partial charge in [0, 0.05) is 19.2 Å². The summed E-state index contributed by atoms with van der Waals surface area (Å²) in [6.45, 7) is 2.24. The first-order chi connectivity index (χ1) is 14.8. The zero-order chi connectivity index (χ0) is 22.0. The normalized spacial score (nSPS) is 11.7. The van der Waals surface area contributed by atoms with Gasteiger partial charge < -0.3 is 0 Å². The fourth-order valence-electron chi connectivity index (χ4n) is 3.19. The van der Waals surface area contributed by atoms with E-state index in [1.54, 1.807) is 0 Å². The van der Waals surface area contributed by atoms with Crippen molar-refractivity contribution in [3.8, 4) is 0 Å². The first-order valence-electron chi connectivity index (χ1n) is 9.62. The van der Waals surface area contributed by atoms with Crippen LogP contribution < -0.4 is 5.32 Å². The average molecular weight is 452 g/mol. The molecule has 0 fully saturated rings. The highest BCUT2D eigenvalue weighted by molar-refractivity contribution is 7.89. The summed E-state index contributed by atoms with van der Waals surface area (Å²) >= 11 is 1.40. The lowest BCUT2D eigenvalue weighted by molar-refractivity contribution is 0.102. The number of nitrogens with one attached hydrogen (secondary N) is 1. The Kier molecular flexibility index (Phi) is 5.86. The lowest BCUT2D eigenvalue weighted by Crippen LogP contribution is -2.26. The zero-order valence-electron chi connectivity index (χ0n) is 17.1. The summed E-state index contributed by atoms with van der Waals surface area (Å²) in [5.41, 5.74) is 3.17. The van der Waals surface area contributed by atoms with Crippen molar-refractivity contribution in [1.29, 1.82) is 0 Å². The van der Waals surface area contributed by atoms with E-state index in [0.717, 1.165) is 21.3 Å². The molecule has 158 valence electrons. The zero-order valence-corrected chi connectivity index (χ0v) is 18.7. The highest BCUT2D eigenvalue weighted by Crippen LogP contribution is 2.28. The number of carbonyl (C=O) groups is 1. The van der Waals surface area contributed by atoms with E-state index in [1.807, 2.05) is 55.5 Å². The van der Waals surface area contributed by atoms with Crippen molar-refractivity contribution in [2.75, 3.05) is 12.4 Å². The number of rotatable bonds is 6. The molecule has 3 aromatic carbocycles. The van der Waals surface area contributed by atoms with Crippen LogP contribution in [-0.4, -0.2) is 30.7 Å². The first kappa shape index (κ1) is 21.2. The van der Waals surface area contributed by atoms with Crippen molar-refractivity contribution in [3.05, 3.63) is 89.5 Å². The number of sulfonamides is 1. The van der Waals surface area contributed by atoms with E-state index in [2.05, 4.69) is 10.3 Å². The highest BCUT2D eigenvalue weighted by atomic mass is 32.2. The number of carbonyl (C=O) groups excluding carboxylic acids is 1. The molecular weight excluding hydrogens is 430 g/mol. The Morgan fingerprint density at radius 2 is 1.71 bits per heavy atom. The van der Waals surface area contributed by atoms with Crippen molar-refractivity contribution in [2.24, 2.45) is 0 Å². The van der Waals surface area contributed by atoms with Crippen molar-refractivity contribution in [2.45, 2.75) is 18.4 Å². The molecule has 0 atom stereocenters. The number of benzene rings is 3. The largest absolute Gasteiger partial charge is 0.298 e. The fraction of sp³-hybridized carbons (Fsp3) is 0.130. The Bertz CT molecular complexity index is 1330. The number of fused-ring (bicyclic) bond motifs is 1.